The standard InChI is InChI=1S/C12H13N3OS/c1-8-6-11(15-12(13)14-8)17-10-5-3-4-9(7-10)16-2/h3-7H,1-2H3,(H2,13,14,15). The fourth-order valence-corrected chi connectivity index (χ4v) is 2.33. The first kappa shape index (κ1) is 11.7. The number of rotatable bonds is 3. The van der Waals surface area contributed by atoms with E-state index in [1.165, 1.54) is 11.8 Å². The molecule has 0 aliphatic rings. The number of nitrogens with two attached hydrogens (primary N) is 1. The molecule has 0 amide bonds. The van der Waals surface area contributed by atoms with E-state index >= 15 is 0 Å². The fraction of sp³-hybridized carbons (Fsp3) is 0.167. The summed E-state index contributed by atoms with van der Waals surface area (Å²) >= 11 is 1.53. The Bertz CT molecular complexity index is 511. The predicted molar refractivity (Wildman–Crippen MR) is 68.3 cm³/mol. The van der Waals surface area contributed by atoms with Crippen molar-refractivity contribution in [1.82, 2.24) is 9.97 Å². The predicted octanol–water partition coefficient (Wildman–Crippen LogP) is 2.53. The van der Waals surface area contributed by atoms with Gasteiger partial charge in [-0.3, -0.25) is 0 Å². The summed E-state index contributed by atoms with van der Waals surface area (Å²) in [5.74, 6) is 1.13. The molecule has 0 unspecified atom stereocenters. The summed E-state index contributed by atoms with van der Waals surface area (Å²) in [7, 11) is 1.65. The van der Waals surface area contributed by atoms with Gasteiger partial charge in [0.1, 0.15) is 10.8 Å². The number of ether oxygens (including phenoxy) is 1. The van der Waals surface area contributed by atoms with Gasteiger partial charge in [0.15, 0.2) is 0 Å². The minimum Gasteiger partial charge on any atom is -0.497 e. The molecule has 2 rings (SSSR count). The number of aryl methyl sites for hydroxylation is 1. The molecule has 88 valence electrons. The van der Waals surface area contributed by atoms with Crippen LogP contribution in [0.3, 0.4) is 0 Å². The molecule has 0 radical (unpaired) electrons. The van der Waals surface area contributed by atoms with Crippen LogP contribution in [0.1, 0.15) is 5.69 Å². The third-order valence-electron chi connectivity index (χ3n) is 2.11. The summed E-state index contributed by atoms with van der Waals surface area (Å²) < 4.78 is 5.17. The number of nitrogens with zero attached hydrogens (tertiary/aromatic N) is 2. The number of methoxy groups -OCH3 is 1. The number of anilines is 1. The first-order valence-electron chi connectivity index (χ1n) is 5.10. The van der Waals surface area contributed by atoms with Crippen molar-refractivity contribution < 1.29 is 4.74 Å². The van der Waals surface area contributed by atoms with Crippen LogP contribution in [0.5, 0.6) is 5.75 Å². The van der Waals surface area contributed by atoms with Gasteiger partial charge in [0.05, 0.1) is 7.11 Å². The molecule has 0 spiro atoms. The van der Waals surface area contributed by atoms with Crippen LogP contribution in [0.4, 0.5) is 5.95 Å². The second-order valence-corrected chi connectivity index (χ2v) is 4.58. The first-order valence-corrected chi connectivity index (χ1v) is 5.92. The van der Waals surface area contributed by atoms with E-state index in [4.69, 9.17) is 10.5 Å². The minimum absolute atomic E-state index is 0.301. The quantitative estimate of drug-likeness (QED) is 0.844. The fourth-order valence-electron chi connectivity index (χ4n) is 1.40. The van der Waals surface area contributed by atoms with Crippen molar-refractivity contribution in [2.24, 2.45) is 0 Å². The molecule has 4 nitrogen and oxygen atoms in total. The second-order valence-electron chi connectivity index (χ2n) is 3.49. The molecule has 5 heteroatoms. The normalized spacial score (nSPS) is 10.2. The third-order valence-corrected chi connectivity index (χ3v) is 3.02. The molecule has 1 heterocycles. The van der Waals surface area contributed by atoms with Gasteiger partial charge in [-0.05, 0) is 31.2 Å². The van der Waals surface area contributed by atoms with Gasteiger partial charge in [0.25, 0.3) is 0 Å². The molecule has 0 fully saturated rings. The summed E-state index contributed by atoms with van der Waals surface area (Å²) in [5.41, 5.74) is 6.47. The van der Waals surface area contributed by atoms with E-state index in [1.54, 1.807) is 7.11 Å². The van der Waals surface area contributed by atoms with E-state index < -0.39 is 0 Å². The van der Waals surface area contributed by atoms with Crippen molar-refractivity contribution in [1.29, 1.82) is 0 Å². The highest BCUT2D eigenvalue weighted by Crippen LogP contribution is 2.29. The SMILES string of the molecule is COc1cccc(Sc2cc(C)nc(N)n2)c1. The largest absolute Gasteiger partial charge is 0.497 e. The highest BCUT2D eigenvalue weighted by Gasteiger charge is 2.03. The van der Waals surface area contributed by atoms with Crippen LogP contribution in [0, 0.1) is 6.92 Å². The number of aromatic nitrogens is 2. The Morgan fingerprint density at radius 1 is 1.24 bits per heavy atom. The Morgan fingerprint density at radius 2 is 2.06 bits per heavy atom. The van der Waals surface area contributed by atoms with Crippen molar-refractivity contribution in [3.05, 3.63) is 36.0 Å². The summed E-state index contributed by atoms with van der Waals surface area (Å²) in [4.78, 5) is 9.27. The average molecular weight is 247 g/mol. The van der Waals surface area contributed by atoms with Crippen molar-refractivity contribution in [3.8, 4) is 5.75 Å². The van der Waals surface area contributed by atoms with Gasteiger partial charge in [-0.15, -0.1) is 0 Å². The molecule has 0 aliphatic heterocycles. The number of hydrogen-bond donors (Lipinski definition) is 1. The molecule has 0 saturated carbocycles. The Balaban J connectivity index is 2.24. The number of nitrogen functional groups attached to an aromatic ring is 1. The van der Waals surface area contributed by atoms with Crippen LogP contribution in [0.2, 0.25) is 0 Å². The maximum absolute atomic E-state index is 5.61. The van der Waals surface area contributed by atoms with Gasteiger partial charge < -0.3 is 10.5 Å². The van der Waals surface area contributed by atoms with Crippen molar-refractivity contribution >= 4 is 17.7 Å². The topological polar surface area (TPSA) is 61.0 Å². The molecule has 0 atom stereocenters. The molecular weight excluding hydrogens is 234 g/mol. The van der Waals surface area contributed by atoms with E-state index in [2.05, 4.69) is 9.97 Å². The molecular formula is C12H13N3OS. The summed E-state index contributed by atoms with van der Waals surface area (Å²) in [6.45, 7) is 1.90. The van der Waals surface area contributed by atoms with Gasteiger partial charge in [0, 0.05) is 10.6 Å². The van der Waals surface area contributed by atoms with Gasteiger partial charge in [-0.2, -0.15) is 0 Å². The third kappa shape index (κ3) is 3.10. The Morgan fingerprint density at radius 3 is 2.76 bits per heavy atom. The minimum atomic E-state index is 0.301. The van der Waals surface area contributed by atoms with E-state index in [0.29, 0.717) is 5.95 Å². The zero-order valence-electron chi connectivity index (χ0n) is 9.68. The molecule has 17 heavy (non-hydrogen) atoms. The first-order chi connectivity index (χ1) is 8.17. The van der Waals surface area contributed by atoms with Crippen LogP contribution in [0.15, 0.2) is 40.3 Å². The van der Waals surface area contributed by atoms with E-state index in [0.717, 1.165) is 21.4 Å². The highest BCUT2D eigenvalue weighted by atomic mass is 32.2. The molecule has 2 N–H and O–H groups in total. The number of hydrogen-bond acceptors (Lipinski definition) is 5. The summed E-state index contributed by atoms with van der Waals surface area (Å²) in [5, 5.41) is 0.836. The van der Waals surface area contributed by atoms with Gasteiger partial charge in [-0.1, -0.05) is 17.8 Å². The van der Waals surface area contributed by atoms with Crippen molar-refractivity contribution in [3.63, 3.8) is 0 Å². The molecule has 0 saturated heterocycles. The van der Waals surface area contributed by atoms with Gasteiger partial charge in [-0.25, -0.2) is 9.97 Å². The van der Waals surface area contributed by atoms with Crippen LogP contribution >= 0.6 is 11.8 Å². The smallest absolute Gasteiger partial charge is 0.221 e. The second kappa shape index (κ2) is 5.05. The van der Waals surface area contributed by atoms with Crippen molar-refractivity contribution in [2.75, 3.05) is 12.8 Å². The lowest BCUT2D eigenvalue weighted by Gasteiger charge is -2.04. The van der Waals surface area contributed by atoms with Crippen LogP contribution in [-0.4, -0.2) is 17.1 Å². The van der Waals surface area contributed by atoms with Crippen LogP contribution in [-0.2, 0) is 0 Å². The van der Waals surface area contributed by atoms with E-state index in [-0.39, 0.29) is 0 Å². The lowest BCUT2D eigenvalue weighted by molar-refractivity contribution is 0.413. The van der Waals surface area contributed by atoms with Crippen LogP contribution in [0.25, 0.3) is 0 Å². The molecule has 1 aromatic heterocycles. The lowest BCUT2D eigenvalue weighted by atomic mass is 10.3. The zero-order chi connectivity index (χ0) is 12.3. The maximum atomic E-state index is 5.61. The zero-order valence-corrected chi connectivity index (χ0v) is 10.5. The monoisotopic (exact) mass is 247 g/mol. The van der Waals surface area contributed by atoms with E-state index in [1.807, 2.05) is 37.3 Å². The van der Waals surface area contributed by atoms with Gasteiger partial charge in [0.2, 0.25) is 5.95 Å². The van der Waals surface area contributed by atoms with Crippen molar-refractivity contribution in [2.45, 2.75) is 16.8 Å². The van der Waals surface area contributed by atoms with Crippen LogP contribution < -0.4 is 10.5 Å². The molecule has 0 bridgehead atoms. The van der Waals surface area contributed by atoms with Gasteiger partial charge >= 0.3 is 0 Å². The summed E-state index contributed by atoms with van der Waals surface area (Å²) in [6.07, 6.45) is 0. The van der Waals surface area contributed by atoms with E-state index in [9.17, 15) is 0 Å². The summed E-state index contributed by atoms with van der Waals surface area (Å²) in [6, 6.07) is 9.71. The average Bonchev–Trinajstić information content (AvgIpc) is 2.28. The number of benzene rings is 1. The Hall–Kier alpha value is -1.75. The maximum Gasteiger partial charge on any atom is 0.221 e. The lowest BCUT2D eigenvalue weighted by Crippen LogP contribution is -1.97. The molecule has 1 aromatic carbocycles. The molecule has 2 aromatic rings. The Labute approximate surface area is 104 Å². The highest BCUT2D eigenvalue weighted by molar-refractivity contribution is 7.99. The Kier molecular flexibility index (Phi) is 3.49. The molecule has 0 aliphatic carbocycles.